The lowest BCUT2D eigenvalue weighted by Crippen LogP contribution is -2.20. The monoisotopic (exact) mass is 177 g/mol. The maximum atomic E-state index is 11.2. The second kappa shape index (κ2) is 2.67. The summed E-state index contributed by atoms with van der Waals surface area (Å²) in [7, 11) is 0. The van der Waals surface area contributed by atoms with E-state index in [-0.39, 0.29) is 6.61 Å². The number of benzene rings is 1. The first-order chi connectivity index (χ1) is 6.24. The summed E-state index contributed by atoms with van der Waals surface area (Å²) in [5, 5.41) is 11.1. The number of rotatable bonds is 1. The van der Waals surface area contributed by atoms with Crippen molar-refractivity contribution in [2.45, 2.75) is 6.61 Å². The van der Waals surface area contributed by atoms with E-state index in [1.807, 2.05) is 0 Å². The van der Waals surface area contributed by atoms with Crippen molar-refractivity contribution in [1.82, 2.24) is 5.32 Å². The first-order valence-electron chi connectivity index (χ1n) is 3.82. The topological polar surface area (TPSA) is 66.4 Å². The molecule has 0 saturated carbocycles. The van der Waals surface area contributed by atoms with Crippen molar-refractivity contribution in [2.24, 2.45) is 0 Å². The summed E-state index contributed by atoms with van der Waals surface area (Å²) in [6.45, 7) is -0.232. The van der Waals surface area contributed by atoms with Gasteiger partial charge in [0.25, 0.3) is 11.8 Å². The zero-order valence-electron chi connectivity index (χ0n) is 6.70. The molecule has 66 valence electrons. The van der Waals surface area contributed by atoms with Crippen LogP contribution in [0, 0.1) is 0 Å². The Morgan fingerprint density at radius 3 is 2.69 bits per heavy atom. The van der Waals surface area contributed by atoms with Gasteiger partial charge in [-0.1, -0.05) is 12.1 Å². The normalized spacial score (nSPS) is 14.2. The van der Waals surface area contributed by atoms with Crippen molar-refractivity contribution in [1.29, 1.82) is 0 Å². The highest BCUT2D eigenvalue weighted by atomic mass is 16.3. The van der Waals surface area contributed by atoms with Crippen LogP contribution in [0.2, 0.25) is 0 Å². The summed E-state index contributed by atoms with van der Waals surface area (Å²) >= 11 is 0. The molecule has 2 amide bonds. The Bertz CT molecular complexity index is 398. The molecular formula is C9H7NO3. The summed E-state index contributed by atoms with van der Waals surface area (Å²) in [5.74, 6) is -0.819. The van der Waals surface area contributed by atoms with Gasteiger partial charge in [0, 0.05) is 0 Å². The molecule has 1 aliphatic rings. The second-order valence-electron chi connectivity index (χ2n) is 2.78. The molecule has 0 bridgehead atoms. The van der Waals surface area contributed by atoms with Gasteiger partial charge in [-0.3, -0.25) is 14.9 Å². The average Bonchev–Trinajstić information content (AvgIpc) is 2.43. The molecule has 2 N–H and O–H groups in total. The van der Waals surface area contributed by atoms with Crippen LogP contribution in [-0.4, -0.2) is 16.9 Å². The summed E-state index contributed by atoms with van der Waals surface area (Å²) < 4.78 is 0. The summed E-state index contributed by atoms with van der Waals surface area (Å²) in [5.41, 5.74) is 1.13. The number of carbonyl (C=O) groups is 2. The van der Waals surface area contributed by atoms with Crippen molar-refractivity contribution in [3.05, 3.63) is 34.9 Å². The second-order valence-corrected chi connectivity index (χ2v) is 2.78. The largest absolute Gasteiger partial charge is 0.392 e. The number of nitrogens with one attached hydrogen (secondary N) is 1. The van der Waals surface area contributed by atoms with E-state index in [1.54, 1.807) is 18.2 Å². The number of carbonyl (C=O) groups excluding carboxylic acids is 2. The van der Waals surface area contributed by atoms with Gasteiger partial charge in [-0.25, -0.2) is 0 Å². The SMILES string of the molecule is O=C1NC(=O)c2c(CO)cccc21. The zero-order valence-corrected chi connectivity index (χ0v) is 6.70. The lowest BCUT2D eigenvalue weighted by molar-refractivity contribution is 0.0878. The number of fused-ring (bicyclic) bond motifs is 1. The molecule has 1 aromatic rings. The lowest BCUT2D eigenvalue weighted by Gasteiger charge is -2.00. The maximum Gasteiger partial charge on any atom is 0.259 e. The third kappa shape index (κ3) is 1.03. The molecule has 0 saturated heterocycles. The van der Waals surface area contributed by atoms with E-state index in [9.17, 15) is 9.59 Å². The third-order valence-electron chi connectivity index (χ3n) is 2.02. The van der Waals surface area contributed by atoms with Crippen LogP contribution in [0.3, 0.4) is 0 Å². The van der Waals surface area contributed by atoms with Crippen LogP contribution in [0.4, 0.5) is 0 Å². The molecule has 0 fully saturated rings. The van der Waals surface area contributed by atoms with Crippen LogP contribution in [0.1, 0.15) is 26.3 Å². The molecule has 1 heterocycles. The molecule has 0 aromatic heterocycles. The Morgan fingerprint density at radius 2 is 2.00 bits per heavy atom. The highest BCUT2D eigenvalue weighted by Gasteiger charge is 2.28. The summed E-state index contributed by atoms with van der Waals surface area (Å²) in [6, 6.07) is 4.83. The number of hydrogen-bond donors (Lipinski definition) is 2. The van der Waals surface area contributed by atoms with E-state index in [4.69, 9.17) is 5.11 Å². The summed E-state index contributed by atoms with van der Waals surface area (Å²) in [6.07, 6.45) is 0. The van der Waals surface area contributed by atoms with Gasteiger partial charge in [0.05, 0.1) is 17.7 Å². The van der Waals surface area contributed by atoms with Gasteiger partial charge in [0.1, 0.15) is 0 Å². The Balaban J connectivity index is 2.69. The van der Waals surface area contributed by atoms with Crippen molar-refractivity contribution >= 4 is 11.8 Å². The Kier molecular flexibility index (Phi) is 1.63. The highest BCUT2D eigenvalue weighted by Crippen LogP contribution is 2.19. The van der Waals surface area contributed by atoms with Crippen molar-refractivity contribution in [3.63, 3.8) is 0 Å². The Hall–Kier alpha value is -1.68. The van der Waals surface area contributed by atoms with Gasteiger partial charge < -0.3 is 5.11 Å². The van der Waals surface area contributed by atoms with E-state index in [0.717, 1.165) is 0 Å². The van der Waals surface area contributed by atoms with Crippen LogP contribution in [0.25, 0.3) is 0 Å². The average molecular weight is 177 g/mol. The van der Waals surface area contributed by atoms with Gasteiger partial charge in [-0.15, -0.1) is 0 Å². The number of imide groups is 1. The molecule has 4 nitrogen and oxygen atoms in total. The van der Waals surface area contributed by atoms with E-state index in [1.165, 1.54) is 0 Å². The number of aliphatic hydroxyl groups excluding tert-OH is 1. The Labute approximate surface area is 74.2 Å². The quantitative estimate of drug-likeness (QED) is 0.596. The lowest BCUT2D eigenvalue weighted by atomic mass is 10.0. The Morgan fingerprint density at radius 1 is 1.23 bits per heavy atom. The van der Waals surface area contributed by atoms with Gasteiger partial charge in [-0.2, -0.15) is 0 Å². The van der Waals surface area contributed by atoms with Crippen LogP contribution in [0.5, 0.6) is 0 Å². The van der Waals surface area contributed by atoms with Gasteiger partial charge in [0.2, 0.25) is 0 Å². The summed E-state index contributed by atoms with van der Waals surface area (Å²) in [4.78, 5) is 22.3. The van der Waals surface area contributed by atoms with E-state index < -0.39 is 11.8 Å². The number of amides is 2. The molecule has 0 unspecified atom stereocenters. The van der Waals surface area contributed by atoms with Crippen LogP contribution >= 0.6 is 0 Å². The minimum atomic E-state index is -0.426. The number of aliphatic hydroxyl groups is 1. The van der Waals surface area contributed by atoms with Gasteiger partial charge in [-0.05, 0) is 11.6 Å². The van der Waals surface area contributed by atoms with Crippen LogP contribution < -0.4 is 5.32 Å². The molecular weight excluding hydrogens is 170 g/mol. The van der Waals surface area contributed by atoms with E-state index >= 15 is 0 Å². The van der Waals surface area contributed by atoms with Gasteiger partial charge in [0.15, 0.2) is 0 Å². The molecule has 0 atom stereocenters. The van der Waals surface area contributed by atoms with E-state index in [2.05, 4.69) is 5.32 Å². The molecule has 0 radical (unpaired) electrons. The standard InChI is InChI=1S/C9H7NO3/c11-4-5-2-1-3-6-7(5)9(13)10-8(6)12/h1-3,11H,4H2,(H,10,12,13). The third-order valence-corrected chi connectivity index (χ3v) is 2.02. The molecule has 1 aliphatic heterocycles. The molecule has 0 aliphatic carbocycles. The molecule has 13 heavy (non-hydrogen) atoms. The van der Waals surface area contributed by atoms with Gasteiger partial charge >= 0.3 is 0 Å². The molecule has 2 rings (SSSR count). The first-order valence-corrected chi connectivity index (χ1v) is 3.82. The molecule has 1 aromatic carbocycles. The maximum absolute atomic E-state index is 11.2. The number of hydrogen-bond acceptors (Lipinski definition) is 3. The van der Waals surface area contributed by atoms with Crippen LogP contribution in [0.15, 0.2) is 18.2 Å². The van der Waals surface area contributed by atoms with E-state index in [0.29, 0.717) is 16.7 Å². The van der Waals surface area contributed by atoms with Crippen LogP contribution in [-0.2, 0) is 6.61 Å². The molecule has 0 spiro atoms. The fraction of sp³-hybridized carbons (Fsp3) is 0.111. The predicted octanol–water partition coefficient (Wildman–Crippen LogP) is 0.0625. The fourth-order valence-electron chi connectivity index (χ4n) is 1.42. The molecule has 4 heteroatoms. The predicted molar refractivity (Wildman–Crippen MR) is 44.2 cm³/mol. The van der Waals surface area contributed by atoms with Crippen molar-refractivity contribution in [2.75, 3.05) is 0 Å². The first kappa shape index (κ1) is 7.94. The minimum absolute atomic E-state index is 0.232. The minimum Gasteiger partial charge on any atom is -0.392 e. The highest BCUT2D eigenvalue weighted by molar-refractivity contribution is 6.22. The zero-order chi connectivity index (χ0) is 9.42. The van der Waals surface area contributed by atoms with Crippen molar-refractivity contribution in [3.8, 4) is 0 Å². The van der Waals surface area contributed by atoms with Crippen molar-refractivity contribution < 1.29 is 14.7 Å². The fourth-order valence-corrected chi connectivity index (χ4v) is 1.42. The smallest absolute Gasteiger partial charge is 0.259 e.